The molecule has 1 aromatic carbocycles. The number of benzene rings is 1. The third-order valence-corrected chi connectivity index (χ3v) is 3.17. The second-order valence-corrected chi connectivity index (χ2v) is 4.76. The number of furan rings is 1. The molecule has 3 heteroatoms. The molecule has 1 N–H and O–H groups in total. The lowest BCUT2D eigenvalue weighted by Crippen LogP contribution is -2.12. The Morgan fingerprint density at radius 3 is 3.06 bits per heavy atom. The molecule has 0 radical (unpaired) electrons. The SMILES string of the molecule is CC1Cc2cc(CNCc3ccco3)ccc2O1. The van der Waals surface area contributed by atoms with E-state index in [-0.39, 0.29) is 0 Å². The van der Waals surface area contributed by atoms with E-state index in [0.717, 1.165) is 31.0 Å². The van der Waals surface area contributed by atoms with Gasteiger partial charge in [-0.3, -0.25) is 0 Å². The van der Waals surface area contributed by atoms with Gasteiger partial charge < -0.3 is 14.5 Å². The molecule has 0 spiro atoms. The van der Waals surface area contributed by atoms with Crippen LogP contribution in [0.2, 0.25) is 0 Å². The van der Waals surface area contributed by atoms with Gasteiger partial charge in [0, 0.05) is 13.0 Å². The second kappa shape index (κ2) is 4.86. The third kappa shape index (κ3) is 2.41. The van der Waals surface area contributed by atoms with Gasteiger partial charge in [0.1, 0.15) is 17.6 Å². The summed E-state index contributed by atoms with van der Waals surface area (Å²) in [5.74, 6) is 2.01. The average Bonchev–Trinajstić information content (AvgIpc) is 2.96. The first-order valence-electron chi connectivity index (χ1n) is 6.33. The summed E-state index contributed by atoms with van der Waals surface area (Å²) in [4.78, 5) is 0. The molecule has 0 fully saturated rings. The Labute approximate surface area is 107 Å². The molecule has 2 aromatic rings. The molecule has 18 heavy (non-hydrogen) atoms. The molecule has 94 valence electrons. The van der Waals surface area contributed by atoms with Gasteiger partial charge in [0.15, 0.2) is 0 Å². The normalized spacial score (nSPS) is 17.5. The lowest BCUT2D eigenvalue weighted by molar-refractivity contribution is 0.254. The van der Waals surface area contributed by atoms with Crippen molar-refractivity contribution >= 4 is 0 Å². The summed E-state index contributed by atoms with van der Waals surface area (Å²) in [6, 6.07) is 10.3. The number of nitrogens with one attached hydrogen (secondary N) is 1. The van der Waals surface area contributed by atoms with Crippen molar-refractivity contribution < 1.29 is 9.15 Å². The molecule has 0 amide bonds. The van der Waals surface area contributed by atoms with Crippen molar-refractivity contribution in [1.29, 1.82) is 0 Å². The van der Waals surface area contributed by atoms with E-state index in [1.807, 2.05) is 12.1 Å². The van der Waals surface area contributed by atoms with Crippen molar-refractivity contribution in [2.24, 2.45) is 0 Å². The minimum Gasteiger partial charge on any atom is -0.490 e. The second-order valence-electron chi connectivity index (χ2n) is 4.76. The van der Waals surface area contributed by atoms with Gasteiger partial charge >= 0.3 is 0 Å². The van der Waals surface area contributed by atoms with Gasteiger partial charge in [-0.15, -0.1) is 0 Å². The third-order valence-electron chi connectivity index (χ3n) is 3.17. The van der Waals surface area contributed by atoms with Gasteiger partial charge in [-0.1, -0.05) is 12.1 Å². The summed E-state index contributed by atoms with van der Waals surface area (Å²) in [5, 5.41) is 3.37. The van der Waals surface area contributed by atoms with Crippen molar-refractivity contribution in [2.75, 3.05) is 0 Å². The highest BCUT2D eigenvalue weighted by Gasteiger charge is 2.18. The highest BCUT2D eigenvalue weighted by molar-refractivity contribution is 5.40. The van der Waals surface area contributed by atoms with Crippen LogP contribution in [0.4, 0.5) is 0 Å². The highest BCUT2D eigenvalue weighted by Crippen LogP contribution is 2.29. The van der Waals surface area contributed by atoms with Crippen molar-refractivity contribution in [3.8, 4) is 5.75 Å². The molecule has 0 saturated heterocycles. The molecule has 3 rings (SSSR count). The number of hydrogen-bond acceptors (Lipinski definition) is 3. The molecule has 2 heterocycles. The highest BCUT2D eigenvalue weighted by atomic mass is 16.5. The number of ether oxygens (including phenoxy) is 1. The number of hydrogen-bond donors (Lipinski definition) is 1. The van der Waals surface area contributed by atoms with Crippen LogP contribution in [0.25, 0.3) is 0 Å². The summed E-state index contributed by atoms with van der Waals surface area (Å²) in [7, 11) is 0. The van der Waals surface area contributed by atoms with Crippen molar-refractivity contribution in [1.82, 2.24) is 5.32 Å². The maximum absolute atomic E-state index is 5.69. The Hall–Kier alpha value is -1.74. The van der Waals surface area contributed by atoms with Gasteiger partial charge in [-0.05, 0) is 36.2 Å². The first-order chi connectivity index (χ1) is 8.81. The fraction of sp³-hybridized carbons (Fsp3) is 0.333. The Bertz CT molecular complexity index is 519. The van der Waals surface area contributed by atoms with E-state index in [1.165, 1.54) is 11.1 Å². The molecular formula is C15H17NO2. The number of rotatable bonds is 4. The summed E-state index contributed by atoms with van der Waals surface area (Å²) >= 11 is 0. The Kier molecular flexibility index (Phi) is 3.07. The maximum atomic E-state index is 5.69. The van der Waals surface area contributed by atoms with Crippen LogP contribution in [0.1, 0.15) is 23.8 Å². The Morgan fingerprint density at radius 2 is 2.22 bits per heavy atom. The smallest absolute Gasteiger partial charge is 0.123 e. The lowest BCUT2D eigenvalue weighted by Gasteiger charge is -2.05. The van der Waals surface area contributed by atoms with E-state index >= 15 is 0 Å². The topological polar surface area (TPSA) is 34.4 Å². The zero-order valence-corrected chi connectivity index (χ0v) is 10.5. The van der Waals surface area contributed by atoms with Crippen LogP contribution >= 0.6 is 0 Å². The summed E-state index contributed by atoms with van der Waals surface area (Å²) in [6.45, 7) is 3.72. The summed E-state index contributed by atoms with van der Waals surface area (Å²) < 4.78 is 11.0. The monoisotopic (exact) mass is 243 g/mol. The van der Waals surface area contributed by atoms with Crippen LogP contribution in [0, 0.1) is 0 Å². The van der Waals surface area contributed by atoms with E-state index in [2.05, 4.69) is 30.4 Å². The molecule has 1 atom stereocenters. The summed E-state index contributed by atoms with van der Waals surface area (Å²) in [6.07, 6.45) is 3.03. The van der Waals surface area contributed by atoms with Gasteiger partial charge in [0.25, 0.3) is 0 Å². The lowest BCUT2D eigenvalue weighted by atomic mass is 10.1. The van der Waals surface area contributed by atoms with Crippen LogP contribution in [-0.2, 0) is 19.5 Å². The molecular weight excluding hydrogens is 226 g/mol. The van der Waals surface area contributed by atoms with Gasteiger partial charge in [-0.2, -0.15) is 0 Å². The van der Waals surface area contributed by atoms with E-state index in [1.54, 1.807) is 6.26 Å². The van der Waals surface area contributed by atoms with Gasteiger partial charge in [-0.25, -0.2) is 0 Å². The molecule has 0 saturated carbocycles. The van der Waals surface area contributed by atoms with E-state index in [4.69, 9.17) is 9.15 Å². The van der Waals surface area contributed by atoms with Crippen molar-refractivity contribution in [3.05, 3.63) is 53.5 Å². The van der Waals surface area contributed by atoms with Crippen LogP contribution in [0.15, 0.2) is 41.0 Å². The first-order valence-corrected chi connectivity index (χ1v) is 6.33. The maximum Gasteiger partial charge on any atom is 0.123 e. The Morgan fingerprint density at radius 1 is 1.28 bits per heavy atom. The zero-order valence-electron chi connectivity index (χ0n) is 10.5. The fourth-order valence-electron chi connectivity index (χ4n) is 2.33. The minimum absolute atomic E-state index is 0.311. The quantitative estimate of drug-likeness (QED) is 0.896. The van der Waals surface area contributed by atoms with Crippen LogP contribution in [0.3, 0.4) is 0 Å². The van der Waals surface area contributed by atoms with Gasteiger partial charge in [0.05, 0.1) is 12.8 Å². The van der Waals surface area contributed by atoms with Crippen LogP contribution in [-0.4, -0.2) is 6.10 Å². The van der Waals surface area contributed by atoms with Gasteiger partial charge in [0.2, 0.25) is 0 Å². The zero-order chi connectivity index (χ0) is 12.4. The molecule has 1 unspecified atom stereocenters. The minimum atomic E-state index is 0.311. The van der Waals surface area contributed by atoms with E-state index in [0.29, 0.717) is 6.10 Å². The molecule has 3 nitrogen and oxygen atoms in total. The first kappa shape index (κ1) is 11.4. The predicted octanol–water partition coefficient (Wildman–Crippen LogP) is 2.89. The fourth-order valence-corrected chi connectivity index (χ4v) is 2.33. The molecule has 1 aromatic heterocycles. The van der Waals surface area contributed by atoms with Crippen LogP contribution in [0.5, 0.6) is 5.75 Å². The molecule has 1 aliphatic heterocycles. The summed E-state index contributed by atoms with van der Waals surface area (Å²) in [5.41, 5.74) is 2.61. The van der Waals surface area contributed by atoms with Crippen LogP contribution < -0.4 is 10.1 Å². The predicted molar refractivity (Wildman–Crippen MR) is 69.5 cm³/mol. The largest absolute Gasteiger partial charge is 0.490 e. The standard InChI is InChI=1S/C15H17NO2/c1-11-7-13-8-12(4-5-15(13)18-11)9-16-10-14-3-2-6-17-14/h2-6,8,11,16H,7,9-10H2,1H3. The van der Waals surface area contributed by atoms with E-state index < -0.39 is 0 Å². The molecule has 1 aliphatic rings. The molecule has 0 bridgehead atoms. The average molecular weight is 243 g/mol. The van der Waals surface area contributed by atoms with E-state index in [9.17, 15) is 0 Å². The molecule has 0 aliphatic carbocycles. The Balaban J connectivity index is 1.59. The van der Waals surface area contributed by atoms with Crippen molar-refractivity contribution in [3.63, 3.8) is 0 Å². The number of fused-ring (bicyclic) bond motifs is 1. The van der Waals surface area contributed by atoms with Crippen molar-refractivity contribution in [2.45, 2.75) is 32.5 Å².